The van der Waals surface area contributed by atoms with E-state index in [4.69, 9.17) is 9.47 Å². The summed E-state index contributed by atoms with van der Waals surface area (Å²) in [6.45, 7) is -0.436. The summed E-state index contributed by atoms with van der Waals surface area (Å²) in [4.78, 5) is 23.1. The number of carbonyl (C=O) groups is 2. The summed E-state index contributed by atoms with van der Waals surface area (Å²) in [5.41, 5.74) is 0. The Balaban J connectivity index is 1.60. The number of hydrogen-bond donors (Lipinski definition) is 1. The summed E-state index contributed by atoms with van der Waals surface area (Å²) in [6, 6.07) is 9.23. The summed E-state index contributed by atoms with van der Waals surface area (Å²) in [5.74, 6) is -0.186. The summed E-state index contributed by atoms with van der Waals surface area (Å²) >= 11 is 0. The Morgan fingerprint density at radius 1 is 1.05 bits per heavy atom. The van der Waals surface area contributed by atoms with E-state index in [0.29, 0.717) is 5.75 Å². The van der Waals surface area contributed by atoms with Gasteiger partial charge < -0.3 is 14.8 Å². The van der Waals surface area contributed by atoms with E-state index in [2.05, 4.69) is 5.32 Å². The lowest BCUT2D eigenvalue weighted by Gasteiger charge is -2.22. The van der Waals surface area contributed by atoms with E-state index in [-0.39, 0.29) is 25.2 Å². The number of amides is 1. The fraction of sp³-hybridized carbons (Fsp3) is 0.500. The number of benzene rings is 1. The summed E-state index contributed by atoms with van der Waals surface area (Å²) < 4.78 is 10.1. The first-order chi connectivity index (χ1) is 10.2. The topological polar surface area (TPSA) is 64.6 Å². The van der Waals surface area contributed by atoms with Crippen molar-refractivity contribution in [3.05, 3.63) is 30.3 Å². The van der Waals surface area contributed by atoms with Gasteiger partial charge in [0.1, 0.15) is 5.75 Å². The van der Waals surface area contributed by atoms with E-state index < -0.39 is 5.97 Å². The van der Waals surface area contributed by atoms with Gasteiger partial charge in [0.15, 0.2) is 13.2 Å². The van der Waals surface area contributed by atoms with Gasteiger partial charge in [0.2, 0.25) is 0 Å². The number of nitrogens with one attached hydrogen (secondary N) is 1. The Hall–Kier alpha value is -2.04. The molecule has 1 amide bonds. The molecule has 0 spiro atoms. The summed E-state index contributed by atoms with van der Waals surface area (Å²) in [7, 11) is 0. The van der Waals surface area contributed by atoms with E-state index in [9.17, 15) is 9.59 Å². The van der Waals surface area contributed by atoms with Gasteiger partial charge in [0.05, 0.1) is 0 Å². The molecule has 0 heterocycles. The molecule has 5 heteroatoms. The molecule has 5 nitrogen and oxygen atoms in total. The fourth-order valence-electron chi connectivity index (χ4n) is 2.36. The predicted octanol–water partition coefficient (Wildman–Crippen LogP) is 2.06. The van der Waals surface area contributed by atoms with Crippen LogP contribution in [-0.4, -0.2) is 31.1 Å². The van der Waals surface area contributed by atoms with E-state index in [1.165, 1.54) is 6.42 Å². The van der Waals surface area contributed by atoms with Crippen molar-refractivity contribution in [2.75, 3.05) is 13.2 Å². The molecule has 1 N–H and O–H groups in total. The zero-order valence-corrected chi connectivity index (χ0v) is 12.0. The normalized spacial score (nSPS) is 15.2. The maximum absolute atomic E-state index is 11.7. The van der Waals surface area contributed by atoms with Crippen molar-refractivity contribution in [3.8, 4) is 5.75 Å². The molecule has 2 rings (SSSR count). The first-order valence-corrected chi connectivity index (χ1v) is 7.37. The SMILES string of the molecule is O=C(COC(=O)COc1ccccc1)NC1CCCCC1. The van der Waals surface area contributed by atoms with E-state index >= 15 is 0 Å². The number of ether oxygens (including phenoxy) is 2. The molecule has 21 heavy (non-hydrogen) atoms. The highest BCUT2D eigenvalue weighted by molar-refractivity contribution is 5.81. The van der Waals surface area contributed by atoms with Gasteiger partial charge in [-0.15, -0.1) is 0 Å². The molecular weight excluding hydrogens is 270 g/mol. The molecule has 0 radical (unpaired) electrons. The smallest absolute Gasteiger partial charge is 0.344 e. The molecule has 0 unspecified atom stereocenters. The second-order valence-corrected chi connectivity index (χ2v) is 5.16. The molecular formula is C16H21NO4. The van der Waals surface area contributed by atoms with Crippen LogP contribution in [0, 0.1) is 0 Å². The number of carbonyl (C=O) groups excluding carboxylic acids is 2. The molecule has 0 aliphatic heterocycles. The molecule has 114 valence electrons. The van der Waals surface area contributed by atoms with Gasteiger partial charge in [0.25, 0.3) is 5.91 Å². The Morgan fingerprint density at radius 2 is 1.76 bits per heavy atom. The average Bonchev–Trinajstić information content (AvgIpc) is 2.53. The van der Waals surface area contributed by atoms with Gasteiger partial charge in [-0.05, 0) is 25.0 Å². The molecule has 1 aromatic carbocycles. The minimum absolute atomic E-state index is 0.194. The van der Waals surface area contributed by atoms with Crippen LogP contribution >= 0.6 is 0 Å². The lowest BCUT2D eigenvalue weighted by atomic mass is 9.95. The van der Waals surface area contributed by atoms with Gasteiger partial charge in [0, 0.05) is 6.04 Å². The third-order valence-electron chi connectivity index (χ3n) is 3.43. The van der Waals surface area contributed by atoms with Gasteiger partial charge >= 0.3 is 5.97 Å². The minimum atomic E-state index is -0.544. The number of esters is 1. The molecule has 1 fully saturated rings. The van der Waals surface area contributed by atoms with Crippen LogP contribution in [0.1, 0.15) is 32.1 Å². The Bertz CT molecular complexity index is 455. The quantitative estimate of drug-likeness (QED) is 0.815. The monoisotopic (exact) mass is 291 g/mol. The third-order valence-corrected chi connectivity index (χ3v) is 3.43. The fourth-order valence-corrected chi connectivity index (χ4v) is 2.36. The highest BCUT2D eigenvalue weighted by Crippen LogP contribution is 2.17. The van der Waals surface area contributed by atoms with Gasteiger partial charge in [-0.25, -0.2) is 4.79 Å². The van der Waals surface area contributed by atoms with Crippen LogP contribution in [0.15, 0.2) is 30.3 Å². The van der Waals surface area contributed by atoms with Crippen LogP contribution in [-0.2, 0) is 14.3 Å². The first kappa shape index (κ1) is 15.4. The maximum Gasteiger partial charge on any atom is 0.344 e. The van der Waals surface area contributed by atoms with Gasteiger partial charge in [-0.1, -0.05) is 37.5 Å². The first-order valence-electron chi connectivity index (χ1n) is 7.37. The van der Waals surface area contributed by atoms with Crippen molar-refractivity contribution >= 4 is 11.9 Å². The van der Waals surface area contributed by atoms with E-state index in [0.717, 1.165) is 25.7 Å². The Kier molecular flexibility index (Phi) is 6.06. The second-order valence-electron chi connectivity index (χ2n) is 5.16. The van der Waals surface area contributed by atoms with Crippen LogP contribution < -0.4 is 10.1 Å². The summed E-state index contributed by atoms with van der Waals surface area (Å²) in [6.07, 6.45) is 5.55. The van der Waals surface area contributed by atoms with Crippen molar-refractivity contribution in [2.45, 2.75) is 38.1 Å². The molecule has 1 aromatic rings. The van der Waals surface area contributed by atoms with Crippen LogP contribution in [0.4, 0.5) is 0 Å². The van der Waals surface area contributed by atoms with Crippen LogP contribution in [0.25, 0.3) is 0 Å². The highest BCUT2D eigenvalue weighted by Gasteiger charge is 2.16. The van der Waals surface area contributed by atoms with E-state index in [1.807, 2.05) is 18.2 Å². The number of hydrogen-bond acceptors (Lipinski definition) is 4. The van der Waals surface area contributed by atoms with Crippen LogP contribution in [0.3, 0.4) is 0 Å². The minimum Gasteiger partial charge on any atom is -0.482 e. The lowest BCUT2D eigenvalue weighted by molar-refractivity contribution is -0.150. The van der Waals surface area contributed by atoms with Gasteiger partial charge in [-0.2, -0.15) is 0 Å². The van der Waals surface area contributed by atoms with Crippen LogP contribution in [0.5, 0.6) is 5.75 Å². The molecule has 0 atom stereocenters. The largest absolute Gasteiger partial charge is 0.482 e. The van der Waals surface area contributed by atoms with Crippen molar-refractivity contribution in [2.24, 2.45) is 0 Å². The zero-order chi connectivity index (χ0) is 14.9. The molecule has 0 bridgehead atoms. The number of rotatable bonds is 6. The molecule has 0 saturated heterocycles. The van der Waals surface area contributed by atoms with Crippen molar-refractivity contribution in [1.82, 2.24) is 5.32 Å². The Morgan fingerprint density at radius 3 is 2.48 bits per heavy atom. The summed E-state index contributed by atoms with van der Waals surface area (Å²) in [5, 5.41) is 2.89. The number of para-hydroxylation sites is 1. The third kappa shape index (κ3) is 5.85. The van der Waals surface area contributed by atoms with Gasteiger partial charge in [-0.3, -0.25) is 4.79 Å². The van der Waals surface area contributed by atoms with Crippen molar-refractivity contribution in [3.63, 3.8) is 0 Å². The molecule has 1 aliphatic rings. The predicted molar refractivity (Wildman–Crippen MR) is 77.9 cm³/mol. The van der Waals surface area contributed by atoms with Crippen LogP contribution in [0.2, 0.25) is 0 Å². The molecule has 1 saturated carbocycles. The zero-order valence-electron chi connectivity index (χ0n) is 12.0. The Labute approximate surface area is 124 Å². The highest BCUT2D eigenvalue weighted by atomic mass is 16.6. The molecule has 0 aromatic heterocycles. The second kappa shape index (κ2) is 8.29. The maximum atomic E-state index is 11.7. The van der Waals surface area contributed by atoms with Crippen molar-refractivity contribution in [1.29, 1.82) is 0 Å². The van der Waals surface area contributed by atoms with E-state index in [1.54, 1.807) is 12.1 Å². The standard InChI is InChI=1S/C16H21NO4/c18-15(17-13-7-3-1-4-8-13)11-21-16(19)12-20-14-9-5-2-6-10-14/h2,5-6,9-10,13H,1,3-4,7-8,11-12H2,(H,17,18). The average molecular weight is 291 g/mol. The molecule has 1 aliphatic carbocycles. The lowest BCUT2D eigenvalue weighted by Crippen LogP contribution is -2.39. The van der Waals surface area contributed by atoms with Crippen molar-refractivity contribution < 1.29 is 19.1 Å².